The lowest BCUT2D eigenvalue weighted by Crippen LogP contribution is -2.82. The predicted molar refractivity (Wildman–Crippen MR) is 201 cm³/mol. The SMILES string of the molecule is CC(=O)O[C@H]1C(=O)[C@]2(C)[C@@H](OC(=O)CCC3CCC4CCCCC4C3)C[C@H]3OC[C@@]3(OC(C)=O)[C@H]2[C@H](OC(=O)C2CCCCC2)[C@]2(O)C[C@H](O)C(C)=C1C2(C)C. The van der Waals surface area contributed by atoms with E-state index in [1.807, 2.05) is 0 Å². The van der Waals surface area contributed by atoms with Gasteiger partial charge in [0.25, 0.3) is 0 Å². The second-order valence-electron chi connectivity index (χ2n) is 19.3. The zero-order valence-electron chi connectivity index (χ0n) is 34.3. The first-order valence-electron chi connectivity index (χ1n) is 21.5. The number of ketones is 1. The van der Waals surface area contributed by atoms with E-state index in [0.29, 0.717) is 36.7 Å². The number of hydrogen-bond acceptors (Lipinski definition) is 12. The lowest BCUT2D eigenvalue weighted by Gasteiger charge is -2.67. The Balaban J connectivity index is 1.33. The normalized spacial score (nSPS) is 42.0. The minimum atomic E-state index is -2.09. The van der Waals surface area contributed by atoms with Gasteiger partial charge in [-0.05, 0) is 74.9 Å². The minimum absolute atomic E-state index is 0.0243. The maximum atomic E-state index is 15.7. The van der Waals surface area contributed by atoms with Gasteiger partial charge in [-0.15, -0.1) is 0 Å². The van der Waals surface area contributed by atoms with Crippen LogP contribution in [0.2, 0.25) is 0 Å². The molecular weight excluding hydrogens is 720 g/mol. The summed E-state index contributed by atoms with van der Waals surface area (Å²) < 4.78 is 31.2. The van der Waals surface area contributed by atoms with Crippen LogP contribution in [-0.2, 0) is 47.7 Å². The molecule has 0 aromatic rings. The number of rotatable bonds is 8. The smallest absolute Gasteiger partial charge is 0.309 e. The first kappa shape index (κ1) is 41.3. The van der Waals surface area contributed by atoms with Crippen LogP contribution in [-0.4, -0.2) is 88.2 Å². The Hall–Kier alpha value is -2.83. The lowest BCUT2D eigenvalue weighted by atomic mass is 9.44. The molecule has 12 atom stereocenters. The first-order valence-corrected chi connectivity index (χ1v) is 21.5. The summed E-state index contributed by atoms with van der Waals surface area (Å²) in [5, 5.41) is 25.0. The third kappa shape index (κ3) is 6.85. The van der Waals surface area contributed by atoms with Gasteiger partial charge in [-0.25, -0.2) is 0 Å². The van der Waals surface area contributed by atoms with Crippen LogP contribution >= 0.6 is 0 Å². The lowest BCUT2D eigenvalue weighted by molar-refractivity contribution is -0.348. The van der Waals surface area contributed by atoms with Crippen molar-refractivity contribution in [2.75, 3.05) is 6.61 Å². The molecule has 0 amide bonds. The van der Waals surface area contributed by atoms with Gasteiger partial charge in [0.1, 0.15) is 23.9 Å². The van der Waals surface area contributed by atoms with E-state index in [0.717, 1.165) is 38.0 Å². The topological polar surface area (TPSA) is 172 Å². The van der Waals surface area contributed by atoms with E-state index in [9.17, 15) is 29.4 Å². The zero-order valence-corrected chi connectivity index (χ0v) is 34.3. The van der Waals surface area contributed by atoms with Gasteiger partial charge in [-0.2, -0.15) is 0 Å². The fourth-order valence-electron chi connectivity index (χ4n) is 12.6. The van der Waals surface area contributed by atoms with E-state index < -0.39 is 94.0 Å². The van der Waals surface area contributed by atoms with E-state index in [4.69, 9.17) is 23.7 Å². The maximum Gasteiger partial charge on any atom is 0.309 e. The molecule has 0 spiro atoms. The number of fused-ring (bicyclic) bond motifs is 6. The molecular formula is C44H64O12. The molecule has 5 saturated carbocycles. The van der Waals surface area contributed by atoms with Crippen LogP contribution in [0.5, 0.6) is 0 Å². The molecule has 12 heteroatoms. The van der Waals surface area contributed by atoms with Crippen molar-refractivity contribution in [3.63, 3.8) is 0 Å². The number of ether oxygens (including phenoxy) is 5. The molecule has 2 bridgehead atoms. The molecule has 1 aliphatic heterocycles. The van der Waals surface area contributed by atoms with Crippen LogP contribution < -0.4 is 0 Å². The number of carbonyl (C=O) groups excluding carboxylic acids is 5. The van der Waals surface area contributed by atoms with Crippen molar-refractivity contribution in [2.45, 2.75) is 186 Å². The highest BCUT2D eigenvalue weighted by Gasteiger charge is 2.79. The van der Waals surface area contributed by atoms with Crippen molar-refractivity contribution in [1.29, 1.82) is 0 Å². The van der Waals surface area contributed by atoms with Crippen LogP contribution in [0.4, 0.5) is 0 Å². The molecule has 312 valence electrons. The third-order valence-corrected chi connectivity index (χ3v) is 15.8. The summed E-state index contributed by atoms with van der Waals surface area (Å²) in [5.74, 6) is -3.03. The Kier molecular flexibility index (Phi) is 11.4. The Labute approximate surface area is 331 Å². The summed E-state index contributed by atoms with van der Waals surface area (Å²) in [5.41, 5.74) is -6.40. The molecule has 1 heterocycles. The second-order valence-corrected chi connectivity index (χ2v) is 19.3. The molecule has 6 aliphatic carbocycles. The molecule has 0 aromatic carbocycles. The van der Waals surface area contributed by atoms with Crippen molar-refractivity contribution in [1.82, 2.24) is 0 Å². The van der Waals surface area contributed by atoms with Gasteiger partial charge in [0.15, 0.2) is 17.5 Å². The summed E-state index contributed by atoms with van der Waals surface area (Å²) in [6, 6.07) is 0. The zero-order chi connectivity index (χ0) is 40.4. The summed E-state index contributed by atoms with van der Waals surface area (Å²) in [6.45, 7) is 8.89. The number of aliphatic hydroxyl groups excluding tert-OH is 1. The van der Waals surface area contributed by atoms with Gasteiger partial charge < -0.3 is 33.9 Å². The second kappa shape index (κ2) is 15.4. The predicted octanol–water partition coefficient (Wildman–Crippen LogP) is 5.86. The summed E-state index contributed by atoms with van der Waals surface area (Å²) in [4.78, 5) is 70.0. The highest BCUT2D eigenvalue weighted by Crippen LogP contribution is 2.65. The molecule has 0 radical (unpaired) electrons. The van der Waals surface area contributed by atoms with Gasteiger partial charge in [-0.3, -0.25) is 24.0 Å². The molecule has 0 aromatic heterocycles. The molecule has 3 unspecified atom stereocenters. The minimum Gasteiger partial charge on any atom is -0.461 e. The molecule has 12 nitrogen and oxygen atoms in total. The fourth-order valence-corrected chi connectivity index (χ4v) is 12.6. The van der Waals surface area contributed by atoms with E-state index in [1.165, 1.54) is 46.0 Å². The van der Waals surface area contributed by atoms with Crippen LogP contribution in [0.1, 0.15) is 144 Å². The molecule has 2 N–H and O–H groups in total. The number of esters is 4. The largest absolute Gasteiger partial charge is 0.461 e. The number of aliphatic hydroxyl groups is 2. The monoisotopic (exact) mass is 784 g/mol. The van der Waals surface area contributed by atoms with Crippen LogP contribution in [0.15, 0.2) is 11.1 Å². The highest BCUT2D eigenvalue weighted by molar-refractivity contribution is 5.95. The van der Waals surface area contributed by atoms with Gasteiger partial charge >= 0.3 is 23.9 Å². The number of Topliss-reactive ketones (excluding diaryl/α,β-unsaturated/α-hetero) is 1. The third-order valence-electron chi connectivity index (χ3n) is 15.8. The van der Waals surface area contributed by atoms with Gasteiger partial charge in [0.2, 0.25) is 0 Å². The van der Waals surface area contributed by atoms with Crippen molar-refractivity contribution in [3.05, 3.63) is 11.1 Å². The molecule has 7 aliphatic rings. The fraction of sp³-hybridized carbons (Fsp3) is 0.841. The average Bonchev–Trinajstić information content (AvgIpc) is 3.15. The highest BCUT2D eigenvalue weighted by atomic mass is 16.6. The Morgan fingerprint density at radius 2 is 1.52 bits per heavy atom. The quantitative estimate of drug-likeness (QED) is 0.171. The van der Waals surface area contributed by atoms with Gasteiger partial charge in [0, 0.05) is 38.5 Å². The van der Waals surface area contributed by atoms with Crippen molar-refractivity contribution in [2.24, 2.45) is 40.4 Å². The van der Waals surface area contributed by atoms with Crippen LogP contribution in [0, 0.1) is 40.4 Å². The Bertz CT molecular complexity index is 1610. The van der Waals surface area contributed by atoms with Crippen molar-refractivity contribution < 1.29 is 57.9 Å². The van der Waals surface area contributed by atoms with Crippen LogP contribution in [0.3, 0.4) is 0 Å². The summed E-state index contributed by atoms with van der Waals surface area (Å²) >= 11 is 0. The molecule has 1 saturated heterocycles. The number of carbonyl (C=O) groups is 5. The van der Waals surface area contributed by atoms with Crippen molar-refractivity contribution in [3.8, 4) is 0 Å². The van der Waals surface area contributed by atoms with E-state index >= 15 is 4.79 Å². The molecule has 56 heavy (non-hydrogen) atoms. The number of hydrogen-bond donors (Lipinski definition) is 2. The Morgan fingerprint density at radius 3 is 2.16 bits per heavy atom. The van der Waals surface area contributed by atoms with Crippen LogP contribution in [0.25, 0.3) is 0 Å². The Morgan fingerprint density at radius 1 is 0.839 bits per heavy atom. The van der Waals surface area contributed by atoms with E-state index in [-0.39, 0.29) is 31.4 Å². The van der Waals surface area contributed by atoms with Gasteiger partial charge in [0.05, 0.1) is 30.0 Å². The first-order chi connectivity index (χ1) is 26.4. The summed E-state index contributed by atoms with van der Waals surface area (Å²) in [7, 11) is 0. The standard InChI is InChI=1S/C44H64O12/c1-24-31(47)22-44(51)39(55-40(50)29-13-8-7-9-14-29)37-42(6,38(49)36(53-25(2)45)35(24)41(44,4)5)32(21-33-43(37,23-52-33)56-26(3)46)54-34(48)19-17-27-16-18-28-12-10-11-15-30(28)20-27/h27-33,36-37,39,47,51H,7-23H2,1-6H3/t27?,28?,30?,31-,32-,33+,36+,37-,39-,42+,43-,44+/m0/s1. The summed E-state index contributed by atoms with van der Waals surface area (Å²) in [6.07, 6.45) is 6.27. The maximum absolute atomic E-state index is 15.7. The van der Waals surface area contributed by atoms with Crippen molar-refractivity contribution >= 4 is 29.7 Å². The average molecular weight is 785 g/mol. The molecule has 6 fully saturated rings. The molecule has 7 rings (SSSR count). The van der Waals surface area contributed by atoms with E-state index in [1.54, 1.807) is 27.7 Å². The van der Waals surface area contributed by atoms with E-state index in [2.05, 4.69) is 0 Å². The van der Waals surface area contributed by atoms with Gasteiger partial charge in [-0.1, -0.05) is 65.2 Å².